The summed E-state index contributed by atoms with van der Waals surface area (Å²) in [6, 6.07) is -0.613. The molecule has 0 aliphatic rings. The number of anilines is 1. The first-order valence-electron chi connectivity index (χ1n) is 4.73. The third-order valence-corrected chi connectivity index (χ3v) is 1.71. The van der Waals surface area contributed by atoms with Gasteiger partial charge in [-0.15, -0.1) is 9.78 Å². The zero-order chi connectivity index (χ0) is 12.5. The molecule has 0 spiro atoms. The number of nitrogens with one attached hydrogen (secondary N) is 2. The third kappa shape index (κ3) is 2.33. The van der Waals surface area contributed by atoms with E-state index in [0.717, 1.165) is 4.68 Å². The van der Waals surface area contributed by atoms with Crippen molar-refractivity contribution in [3.8, 4) is 0 Å². The Kier molecular flexibility index (Phi) is 2.92. The Hall–Kier alpha value is -1.99. The number of hydrogen-bond donors (Lipinski definition) is 3. The maximum atomic E-state index is 11.7. The number of amides is 1. The van der Waals surface area contributed by atoms with E-state index >= 15 is 0 Å². The molecule has 0 saturated heterocycles. The molecule has 1 heterocycles. The summed E-state index contributed by atoms with van der Waals surface area (Å²) >= 11 is 0. The maximum Gasteiger partial charge on any atom is 0.374 e. The lowest BCUT2D eigenvalue weighted by Gasteiger charge is -2.19. The van der Waals surface area contributed by atoms with Crippen molar-refractivity contribution in [1.29, 1.82) is 0 Å². The standard InChI is InChI=1S/C8H16N6O2/c1-8(2,3)11-6(15)14-7(16)13(9)5(10-4)12-14/h9H2,1-4H3,(H,10,12)(H,11,15). The van der Waals surface area contributed by atoms with Crippen LogP contribution < -0.4 is 22.2 Å². The van der Waals surface area contributed by atoms with Crippen LogP contribution in [-0.4, -0.2) is 33.1 Å². The summed E-state index contributed by atoms with van der Waals surface area (Å²) in [5.74, 6) is 5.51. The minimum atomic E-state index is -0.703. The summed E-state index contributed by atoms with van der Waals surface area (Å²) in [4.78, 5) is 23.2. The predicted molar refractivity (Wildman–Crippen MR) is 59.9 cm³/mol. The van der Waals surface area contributed by atoms with E-state index in [2.05, 4.69) is 15.7 Å². The van der Waals surface area contributed by atoms with Crippen molar-refractivity contribution in [2.45, 2.75) is 26.3 Å². The summed E-state index contributed by atoms with van der Waals surface area (Å²) in [5.41, 5.74) is -1.15. The second kappa shape index (κ2) is 3.87. The Bertz CT molecular complexity index is 452. The van der Waals surface area contributed by atoms with E-state index in [1.54, 1.807) is 27.8 Å². The van der Waals surface area contributed by atoms with Gasteiger partial charge in [-0.1, -0.05) is 0 Å². The first-order chi connectivity index (χ1) is 7.26. The summed E-state index contributed by atoms with van der Waals surface area (Å²) in [5, 5.41) is 8.94. The van der Waals surface area contributed by atoms with Crippen molar-refractivity contribution in [3.05, 3.63) is 10.5 Å². The van der Waals surface area contributed by atoms with Gasteiger partial charge < -0.3 is 16.5 Å². The van der Waals surface area contributed by atoms with Crippen molar-refractivity contribution in [3.63, 3.8) is 0 Å². The van der Waals surface area contributed by atoms with E-state index in [0.29, 0.717) is 4.68 Å². The minimum Gasteiger partial charge on any atom is -0.356 e. The van der Waals surface area contributed by atoms with Gasteiger partial charge in [-0.05, 0) is 20.8 Å². The van der Waals surface area contributed by atoms with E-state index in [1.807, 2.05) is 0 Å². The largest absolute Gasteiger partial charge is 0.374 e. The molecule has 1 rings (SSSR count). The highest BCUT2D eigenvalue weighted by Gasteiger charge is 2.20. The minimum absolute atomic E-state index is 0.119. The number of nitrogen functional groups attached to an aromatic ring is 1. The average molecular weight is 228 g/mol. The van der Waals surface area contributed by atoms with Crippen LogP contribution in [0.1, 0.15) is 20.8 Å². The van der Waals surface area contributed by atoms with E-state index in [1.165, 1.54) is 0 Å². The highest BCUT2D eigenvalue weighted by atomic mass is 16.2. The van der Waals surface area contributed by atoms with Gasteiger partial charge in [0.1, 0.15) is 0 Å². The zero-order valence-corrected chi connectivity index (χ0v) is 9.74. The fourth-order valence-corrected chi connectivity index (χ4v) is 1.05. The number of aromatic nitrogens is 3. The molecule has 16 heavy (non-hydrogen) atoms. The normalized spacial score (nSPS) is 11.2. The number of carbonyl (C=O) groups excluding carboxylic acids is 1. The molecule has 0 aromatic carbocycles. The highest BCUT2D eigenvalue weighted by Crippen LogP contribution is 1.99. The lowest BCUT2D eigenvalue weighted by Crippen LogP contribution is -2.47. The smallest absolute Gasteiger partial charge is 0.356 e. The van der Waals surface area contributed by atoms with E-state index in [-0.39, 0.29) is 5.95 Å². The molecule has 8 heteroatoms. The number of nitrogens with zero attached hydrogens (tertiary/aromatic N) is 3. The van der Waals surface area contributed by atoms with Gasteiger partial charge in [-0.3, -0.25) is 0 Å². The summed E-state index contributed by atoms with van der Waals surface area (Å²) < 4.78 is 1.44. The molecule has 90 valence electrons. The molecule has 0 bridgehead atoms. The van der Waals surface area contributed by atoms with Crippen molar-refractivity contribution in [2.75, 3.05) is 18.2 Å². The van der Waals surface area contributed by atoms with Crippen molar-refractivity contribution >= 4 is 12.0 Å². The SMILES string of the molecule is CNc1nn(C(=O)NC(C)(C)C)c(=O)n1N. The van der Waals surface area contributed by atoms with Crippen molar-refractivity contribution in [2.24, 2.45) is 0 Å². The van der Waals surface area contributed by atoms with Crippen LogP contribution in [0.25, 0.3) is 0 Å². The van der Waals surface area contributed by atoms with Gasteiger partial charge in [0.2, 0.25) is 5.95 Å². The quantitative estimate of drug-likeness (QED) is 0.543. The van der Waals surface area contributed by atoms with Crippen LogP contribution in [0.4, 0.5) is 10.7 Å². The molecule has 0 aliphatic carbocycles. The van der Waals surface area contributed by atoms with E-state index < -0.39 is 17.3 Å². The Balaban J connectivity index is 3.06. The van der Waals surface area contributed by atoms with E-state index in [4.69, 9.17) is 5.84 Å². The van der Waals surface area contributed by atoms with Crippen molar-refractivity contribution in [1.82, 2.24) is 19.8 Å². The molecule has 1 aromatic heterocycles. The molecular weight excluding hydrogens is 212 g/mol. The third-order valence-electron chi connectivity index (χ3n) is 1.71. The molecule has 1 aromatic rings. The zero-order valence-electron chi connectivity index (χ0n) is 9.74. The highest BCUT2D eigenvalue weighted by molar-refractivity contribution is 5.76. The number of rotatable bonds is 1. The molecule has 8 nitrogen and oxygen atoms in total. The van der Waals surface area contributed by atoms with Crippen LogP contribution in [0, 0.1) is 0 Å². The van der Waals surface area contributed by atoms with Gasteiger partial charge in [-0.2, -0.15) is 4.68 Å². The second-order valence-corrected chi connectivity index (χ2v) is 4.32. The van der Waals surface area contributed by atoms with Crippen molar-refractivity contribution < 1.29 is 4.79 Å². The van der Waals surface area contributed by atoms with Crippen LogP contribution in [0.3, 0.4) is 0 Å². The van der Waals surface area contributed by atoms with Gasteiger partial charge in [0.15, 0.2) is 0 Å². The molecule has 0 radical (unpaired) electrons. The topological polar surface area (TPSA) is 107 Å². The van der Waals surface area contributed by atoms with Gasteiger partial charge in [0.05, 0.1) is 0 Å². The first kappa shape index (κ1) is 12.1. The van der Waals surface area contributed by atoms with E-state index in [9.17, 15) is 9.59 Å². The molecule has 0 aliphatic heterocycles. The second-order valence-electron chi connectivity index (χ2n) is 4.32. The van der Waals surface area contributed by atoms with Gasteiger partial charge >= 0.3 is 11.7 Å². The molecule has 0 atom stereocenters. The lowest BCUT2D eigenvalue weighted by atomic mass is 10.1. The van der Waals surface area contributed by atoms with Crippen LogP contribution in [0.15, 0.2) is 4.79 Å². The van der Waals surface area contributed by atoms with Crippen LogP contribution in [-0.2, 0) is 0 Å². The van der Waals surface area contributed by atoms with Gasteiger partial charge in [0.25, 0.3) is 0 Å². The summed E-state index contributed by atoms with van der Waals surface area (Å²) in [7, 11) is 1.55. The lowest BCUT2D eigenvalue weighted by molar-refractivity contribution is 0.229. The Morgan fingerprint density at radius 3 is 2.38 bits per heavy atom. The van der Waals surface area contributed by atoms with Crippen LogP contribution in [0.5, 0.6) is 0 Å². The fraction of sp³-hybridized carbons (Fsp3) is 0.625. The van der Waals surface area contributed by atoms with Gasteiger partial charge in [-0.25, -0.2) is 9.59 Å². The average Bonchev–Trinajstić information content (AvgIpc) is 2.41. The molecule has 4 N–H and O–H groups in total. The molecule has 0 fully saturated rings. The van der Waals surface area contributed by atoms with Crippen LogP contribution >= 0.6 is 0 Å². The monoisotopic (exact) mass is 228 g/mol. The molecular formula is C8H16N6O2. The predicted octanol–water partition coefficient (Wildman–Crippen LogP) is -0.843. The maximum absolute atomic E-state index is 11.7. The molecule has 0 unspecified atom stereocenters. The molecule has 1 amide bonds. The molecule has 0 saturated carbocycles. The number of hydrogen-bond acceptors (Lipinski definition) is 5. The first-order valence-corrected chi connectivity index (χ1v) is 4.73. The summed E-state index contributed by atoms with van der Waals surface area (Å²) in [6.45, 7) is 5.40. The Morgan fingerprint density at radius 1 is 1.44 bits per heavy atom. The Labute approximate surface area is 92.4 Å². The number of nitrogens with two attached hydrogens (primary N) is 1. The van der Waals surface area contributed by atoms with Crippen LogP contribution in [0.2, 0.25) is 0 Å². The Morgan fingerprint density at radius 2 is 2.00 bits per heavy atom. The summed E-state index contributed by atoms with van der Waals surface area (Å²) in [6.07, 6.45) is 0. The van der Waals surface area contributed by atoms with Gasteiger partial charge in [0, 0.05) is 12.6 Å². The fourth-order valence-electron chi connectivity index (χ4n) is 1.05. The number of carbonyl (C=O) groups is 1.